The van der Waals surface area contributed by atoms with Gasteiger partial charge in [-0.2, -0.15) is 0 Å². The van der Waals surface area contributed by atoms with Gasteiger partial charge in [0.1, 0.15) is 5.60 Å². The first-order chi connectivity index (χ1) is 14.0. The Morgan fingerprint density at radius 1 is 1.07 bits per heavy atom. The zero-order chi connectivity index (χ0) is 22.8. The highest BCUT2D eigenvalue weighted by Gasteiger charge is 2.24. The number of amides is 1. The fraction of sp³-hybridized carbons (Fsp3) is 0.636. The summed E-state index contributed by atoms with van der Waals surface area (Å²) in [4.78, 5) is 16.7. The van der Waals surface area contributed by atoms with E-state index in [4.69, 9.17) is 14.2 Å². The van der Waals surface area contributed by atoms with Crippen molar-refractivity contribution in [2.45, 2.75) is 66.2 Å². The largest absolute Gasteiger partial charge is 0.493 e. The highest BCUT2D eigenvalue weighted by atomic mass is 16.6. The maximum atomic E-state index is 12.1. The van der Waals surface area contributed by atoms with Crippen LogP contribution in [0, 0.1) is 0 Å². The molecule has 30 heavy (non-hydrogen) atoms. The maximum Gasteiger partial charge on any atom is 0.408 e. The second kappa shape index (κ2) is 11.5. The average molecular weight is 423 g/mol. The van der Waals surface area contributed by atoms with Crippen molar-refractivity contribution >= 4 is 12.1 Å². The molecule has 0 radical (unpaired) electrons. The second-order valence-electron chi connectivity index (χ2n) is 8.48. The Hall–Kier alpha value is -2.64. The molecule has 0 unspecified atom stereocenters. The fourth-order valence-corrected chi connectivity index (χ4v) is 2.53. The van der Waals surface area contributed by atoms with E-state index in [-0.39, 0.29) is 0 Å². The van der Waals surface area contributed by atoms with Crippen LogP contribution in [0.3, 0.4) is 0 Å². The molecule has 0 aromatic heterocycles. The molecule has 0 heterocycles. The van der Waals surface area contributed by atoms with Gasteiger partial charge >= 0.3 is 6.09 Å². The van der Waals surface area contributed by atoms with Crippen LogP contribution in [0.4, 0.5) is 4.79 Å². The van der Waals surface area contributed by atoms with Crippen LogP contribution in [-0.4, -0.2) is 50.0 Å². The van der Waals surface area contributed by atoms with Gasteiger partial charge in [0.05, 0.1) is 25.8 Å². The lowest BCUT2D eigenvalue weighted by Crippen LogP contribution is -2.54. The van der Waals surface area contributed by atoms with E-state index in [1.807, 2.05) is 66.7 Å². The zero-order valence-corrected chi connectivity index (χ0v) is 19.6. The third-order valence-corrected chi connectivity index (χ3v) is 3.83. The monoisotopic (exact) mass is 422 g/mol. The molecule has 1 amide bonds. The number of carbonyl (C=O) groups is 1. The van der Waals surface area contributed by atoms with Crippen molar-refractivity contribution in [2.75, 3.05) is 26.8 Å². The first-order valence-corrected chi connectivity index (χ1v) is 10.3. The number of alkyl carbamates (subject to hydrolysis) is 1. The number of nitrogens with one attached hydrogen (secondary N) is 3. The molecule has 0 aliphatic heterocycles. The van der Waals surface area contributed by atoms with E-state index in [9.17, 15) is 4.79 Å². The normalized spacial score (nSPS) is 12.2. The molecule has 0 bridgehead atoms. The Bertz CT molecular complexity index is 712. The van der Waals surface area contributed by atoms with Crippen molar-refractivity contribution in [1.82, 2.24) is 16.0 Å². The van der Waals surface area contributed by atoms with Crippen LogP contribution in [0.5, 0.6) is 11.5 Å². The second-order valence-corrected chi connectivity index (χ2v) is 8.48. The number of aliphatic imine (C=N–C) groups is 1. The molecule has 3 N–H and O–H groups in total. The molecular weight excluding hydrogens is 384 g/mol. The highest BCUT2D eigenvalue weighted by molar-refractivity contribution is 5.80. The molecule has 170 valence electrons. The number of ether oxygens (including phenoxy) is 3. The summed E-state index contributed by atoms with van der Waals surface area (Å²) in [5.74, 6) is 2.06. The number of hydrogen-bond donors (Lipinski definition) is 3. The van der Waals surface area contributed by atoms with Crippen LogP contribution in [-0.2, 0) is 11.3 Å². The van der Waals surface area contributed by atoms with E-state index < -0.39 is 17.2 Å². The standard InChI is InChI=1S/C22H38N4O4/c1-9-23-19(25-15-22(6,7)26-20(27)30-21(3,4)5)24-14-16-11-12-17(28-8)18(13-16)29-10-2/h11-13H,9-10,14-15H2,1-8H3,(H,26,27)(H2,23,24,25). The van der Waals surface area contributed by atoms with E-state index >= 15 is 0 Å². The lowest BCUT2D eigenvalue weighted by molar-refractivity contribution is 0.0474. The summed E-state index contributed by atoms with van der Waals surface area (Å²) in [5, 5.41) is 9.37. The molecule has 0 saturated heterocycles. The highest BCUT2D eigenvalue weighted by Crippen LogP contribution is 2.28. The number of benzene rings is 1. The third kappa shape index (κ3) is 9.71. The summed E-state index contributed by atoms with van der Waals surface area (Å²) in [5.41, 5.74) is -0.0636. The molecule has 1 aromatic rings. The fourth-order valence-electron chi connectivity index (χ4n) is 2.53. The smallest absolute Gasteiger partial charge is 0.408 e. The van der Waals surface area contributed by atoms with E-state index in [2.05, 4.69) is 20.9 Å². The Balaban J connectivity index is 2.76. The van der Waals surface area contributed by atoms with Gasteiger partial charge in [-0.25, -0.2) is 9.79 Å². The van der Waals surface area contributed by atoms with E-state index in [0.717, 1.165) is 12.1 Å². The Morgan fingerprint density at radius 3 is 2.33 bits per heavy atom. The first kappa shape index (κ1) is 25.4. The van der Waals surface area contributed by atoms with Crippen LogP contribution >= 0.6 is 0 Å². The summed E-state index contributed by atoms with van der Waals surface area (Å²) >= 11 is 0. The van der Waals surface area contributed by atoms with Crippen molar-refractivity contribution in [3.05, 3.63) is 23.8 Å². The lowest BCUT2D eigenvalue weighted by atomic mass is 10.1. The maximum absolute atomic E-state index is 12.1. The number of hydrogen-bond acceptors (Lipinski definition) is 5. The molecule has 8 heteroatoms. The molecule has 1 rings (SSSR count). The molecule has 0 atom stereocenters. The molecule has 0 aliphatic carbocycles. The SMILES string of the molecule is CCNC(=NCc1ccc(OC)c(OCC)c1)NCC(C)(C)NC(=O)OC(C)(C)C. The van der Waals surface area contributed by atoms with Crippen LogP contribution in [0.2, 0.25) is 0 Å². The van der Waals surface area contributed by atoms with Gasteiger partial charge < -0.3 is 30.2 Å². The van der Waals surface area contributed by atoms with Gasteiger partial charge in [0.25, 0.3) is 0 Å². The lowest BCUT2D eigenvalue weighted by Gasteiger charge is -2.29. The van der Waals surface area contributed by atoms with E-state index in [1.54, 1.807) is 7.11 Å². The number of guanidine groups is 1. The van der Waals surface area contributed by atoms with Gasteiger partial charge in [-0.15, -0.1) is 0 Å². The predicted molar refractivity (Wildman–Crippen MR) is 120 cm³/mol. The van der Waals surface area contributed by atoms with Crippen molar-refractivity contribution in [2.24, 2.45) is 4.99 Å². The van der Waals surface area contributed by atoms with Gasteiger partial charge in [0.2, 0.25) is 0 Å². The summed E-state index contributed by atoms with van der Waals surface area (Å²) in [6.07, 6.45) is -0.446. The van der Waals surface area contributed by atoms with Crippen LogP contribution in [0.15, 0.2) is 23.2 Å². The van der Waals surface area contributed by atoms with Crippen molar-refractivity contribution in [3.63, 3.8) is 0 Å². The molecular formula is C22H38N4O4. The zero-order valence-electron chi connectivity index (χ0n) is 19.6. The minimum absolute atomic E-state index is 0.446. The topological polar surface area (TPSA) is 93.2 Å². The molecule has 1 aromatic carbocycles. The van der Waals surface area contributed by atoms with Crippen molar-refractivity contribution in [3.8, 4) is 11.5 Å². The van der Waals surface area contributed by atoms with Crippen LogP contribution in [0.25, 0.3) is 0 Å². The number of nitrogens with zero attached hydrogens (tertiary/aromatic N) is 1. The van der Waals surface area contributed by atoms with Crippen LogP contribution < -0.4 is 25.4 Å². The summed E-state index contributed by atoms with van der Waals surface area (Å²) in [7, 11) is 1.62. The molecule has 0 fully saturated rings. The Labute approximate surface area is 180 Å². The molecule has 0 spiro atoms. The van der Waals surface area contributed by atoms with Gasteiger partial charge in [-0.05, 0) is 66.2 Å². The van der Waals surface area contributed by atoms with E-state index in [1.165, 1.54) is 0 Å². The minimum atomic E-state index is -0.539. The third-order valence-electron chi connectivity index (χ3n) is 3.83. The van der Waals surface area contributed by atoms with Gasteiger partial charge in [-0.3, -0.25) is 0 Å². The van der Waals surface area contributed by atoms with E-state index in [0.29, 0.717) is 37.2 Å². The van der Waals surface area contributed by atoms with Crippen molar-refractivity contribution < 1.29 is 19.0 Å². The quantitative estimate of drug-likeness (QED) is 0.417. The molecule has 8 nitrogen and oxygen atoms in total. The average Bonchev–Trinajstić information content (AvgIpc) is 2.62. The van der Waals surface area contributed by atoms with Gasteiger partial charge in [-0.1, -0.05) is 6.07 Å². The molecule has 0 aliphatic rings. The van der Waals surface area contributed by atoms with Crippen LogP contribution in [0.1, 0.15) is 54.0 Å². The summed E-state index contributed by atoms with van der Waals surface area (Å²) < 4.78 is 16.3. The minimum Gasteiger partial charge on any atom is -0.493 e. The summed E-state index contributed by atoms with van der Waals surface area (Å²) in [6, 6.07) is 5.77. The van der Waals surface area contributed by atoms with Gasteiger partial charge in [0.15, 0.2) is 17.5 Å². The van der Waals surface area contributed by atoms with Crippen molar-refractivity contribution in [1.29, 1.82) is 0 Å². The number of carbonyl (C=O) groups excluding carboxylic acids is 1. The Morgan fingerprint density at radius 2 is 1.77 bits per heavy atom. The molecule has 0 saturated carbocycles. The number of rotatable bonds is 9. The number of methoxy groups -OCH3 is 1. The summed E-state index contributed by atoms with van der Waals surface area (Å²) in [6.45, 7) is 15.5. The Kier molecular flexibility index (Phi) is 9.75. The van der Waals surface area contributed by atoms with Gasteiger partial charge in [0, 0.05) is 13.1 Å². The predicted octanol–water partition coefficient (Wildman–Crippen LogP) is 3.45. The first-order valence-electron chi connectivity index (χ1n) is 10.3.